The van der Waals surface area contributed by atoms with E-state index in [9.17, 15) is 10.1 Å². The Hall–Kier alpha value is -2.63. The summed E-state index contributed by atoms with van der Waals surface area (Å²) in [5.74, 6) is 0.731. The minimum atomic E-state index is -0.532. The molecule has 1 heterocycles. The van der Waals surface area contributed by atoms with Crippen molar-refractivity contribution in [3.63, 3.8) is 0 Å². The first-order chi connectivity index (χ1) is 9.58. The molecule has 0 saturated carbocycles. The number of pyridine rings is 1. The third-order valence-corrected chi connectivity index (χ3v) is 2.70. The van der Waals surface area contributed by atoms with Gasteiger partial charge in [-0.05, 0) is 24.1 Å². The summed E-state index contributed by atoms with van der Waals surface area (Å²) >= 11 is 0. The Morgan fingerprint density at radius 2 is 2.00 bits per heavy atom. The van der Waals surface area contributed by atoms with Crippen LogP contribution in [0.15, 0.2) is 36.4 Å². The van der Waals surface area contributed by atoms with Crippen LogP contribution in [0.4, 0.5) is 11.5 Å². The van der Waals surface area contributed by atoms with Gasteiger partial charge in [-0.3, -0.25) is 10.1 Å². The summed E-state index contributed by atoms with van der Waals surface area (Å²) in [6.45, 7) is 2.11. The fraction of sp³-hybridized carbons (Fsp3) is 0.214. The van der Waals surface area contributed by atoms with Gasteiger partial charge in [-0.1, -0.05) is 25.5 Å². The highest BCUT2D eigenvalue weighted by molar-refractivity contribution is 5.46. The van der Waals surface area contributed by atoms with E-state index >= 15 is 0 Å². The maximum absolute atomic E-state index is 10.7. The second-order valence-electron chi connectivity index (χ2n) is 4.34. The van der Waals surface area contributed by atoms with Crippen molar-refractivity contribution in [1.82, 2.24) is 4.98 Å². The van der Waals surface area contributed by atoms with Crippen LogP contribution >= 0.6 is 0 Å². The Bertz CT molecular complexity index is 612. The molecule has 0 amide bonds. The molecule has 104 valence electrons. The molecule has 1 aromatic heterocycles. The van der Waals surface area contributed by atoms with E-state index in [1.165, 1.54) is 17.7 Å². The third kappa shape index (κ3) is 3.44. The first-order valence-corrected chi connectivity index (χ1v) is 6.27. The van der Waals surface area contributed by atoms with E-state index in [0.29, 0.717) is 5.75 Å². The molecule has 0 aliphatic carbocycles. The lowest BCUT2D eigenvalue weighted by Gasteiger charge is -2.06. The number of rotatable bonds is 5. The zero-order chi connectivity index (χ0) is 14.5. The topological polar surface area (TPSA) is 91.3 Å². The monoisotopic (exact) mass is 273 g/mol. The predicted molar refractivity (Wildman–Crippen MR) is 75.8 cm³/mol. The van der Waals surface area contributed by atoms with Gasteiger partial charge in [0.1, 0.15) is 11.6 Å². The van der Waals surface area contributed by atoms with Crippen molar-refractivity contribution in [1.29, 1.82) is 0 Å². The van der Waals surface area contributed by atoms with Crippen molar-refractivity contribution < 1.29 is 9.66 Å². The van der Waals surface area contributed by atoms with E-state index in [1.54, 1.807) is 0 Å². The standard InChI is InChI=1S/C14H15N3O3/c1-2-3-10-4-6-12(7-5-10)20-14-9-11(17(18)19)8-13(15)16-14/h4-9H,2-3H2,1H3,(H2,15,16). The molecule has 0 unspecified atom stereocenters. The minimum Gasteiger partial charge on any atom is -0.439 e. The average molecular weight is 273 g/mol. The van der Waals surface area contributed by atoms with E-state index in [4.69, 9.17) is 10.5 Å². The average Bonchev–Trinajstić information content (AvgIpc) is 2.40. The molecule has 0 saturated heterocycles. The van der Waals surface area contributed by atoms with E-state index in [1.807, 2.05) is 24.3 Å². The maximum Gasteiger partial charge on any atom is 0.278 e. The van der Waals surface area contributed by atoms with Crippen molar-refractivity contribution >= 4 is 11.5 Å². The van der Waals surface area contributed by atoms with Gasteiger partial charge in [-0.15, -0.1) is 0 Å². The third-order valence-electron chi connectivity index (χ3n) is 2.70. The lowest BCUT2D eigenvalue weighted by atomic mass is 10.1. The number of nitrogens with two attached hydrogens (primary N) is 1. The second kappa shape index (κ2) is 6.01. The van der Waals surface area contributed by atoms with Crippen LogP contribution in [0, 0.1) is 10.1 Å². The summed E-state index contributed by atoms with van der Waals surface area (Å²) < 4.78 is 5.49. The van der Waals surface area contributed by atoms with Crippen molar-refractivity contribution in [3.05, 3.63) is 52.1 Å². The number of nitro groups is 1. The van der Waals surface area contributed by atoms with Crippen LogP contribution < -0.4 is 10.5 Å². The molecule has 0 aliphatic heterocycles. The summed E-state index contributed by atoms with van der Waals surface area (Å²) in [5.41, 5.74) is 6.59. The second-order valence-corrected chi connectivity index (χ2v) is 4.34. The number of aromatic nitrogens is 1. The lowest BCUT2D eigenvalue weighted by Crippen LogP contribution is -1.97. The molecule has 0 fully saturated rings. The molecule has 2 aromatic rings. The number of anilines is 1. The summed E-state index contributed by atoms with van der Waals surface area (Å²) in [6.07, 6.45) is 2.07. The van der Waals surface area contributed by atoms with Crippen LogP contribution in [0.3, 0.4) is 0 Å². The van der Waals surface area contributed by atoms with Gasteiger partial charge in [-0.25, -0.2) is 0 Å². The summed E-state index contributed by atoms with van der Waals surface area (Å²) in [4.78, 5) is 14.1. The van der Waals surface area contributed by atoms with Gasteiger partial charge in [-0.2, -0.15) is 4.98 Å². The quantitative estimate of drug-likeness (QED) is 0.666. The Labute approximate surface area is 116 Å². The van der Waals surface area contributed by atoms with Crippen LogP contribution in [0.1, 0.15) is 18.9 Å². The highest BCUT2D eigenvalue weighted by Crippen LogP contribution is 2.25. The molecule has 0 aliphatic rings. The van der Waals surface area contributed by atoms with Crippen molar-refractivity contribution in [2.24, 2.45) is 0 Å². The molecule has 6 heteroatoms. The molecule has 0 atom stereocenters. The minimum absolute atomic E-state index is 0.0526. The van der Waals surface area contributed by atoms with Gasteiger partial charge in [0.2, 0.25) is 5.88 Å². The largest absolute Gasteiger partial charge is 0.439 e. The molecule has 6 nitrogen and oxygen atoms in total. The number of hydrogen-bond acceptors (Lipinski definition) is 5. The highest BCUT2D eigenvalue weighted by atomic mass is 16.6. The molecule has 0 spiro atoms. The van der Waals surface area contributed by atoms with Crippen LogP contribution in [-0.2, 0) is 6.42 Å². The Morgan fingerprint density at radius 1 is 1.30 bits per heavy atom. The van der Waals surface area contributed by atoms with Crippen molar-refractivity contribution in [3.8, 4) is 11.6 Å². The summed E-state index contributed by atoms with van der Waals surface area (Å²) in [5, 5.41) is 10.7. The van der Waals surface area contributed by atoms with E-state index < -0.39 is 4.92 Å². The normalized spacial score (nSPS) is 10.2. The lowest BCUT2D eigenvalue weighted by molar-refractivity contribution is -0.384. The molecule has 0 bridgehead atoms. The number of hydrogen-bond donors (Lipinski definition) is 1. The van der Waals surface area contributed by atoms with Crippen LogP contribution in [-0.4, -0.2) is 9.91 Å². The molecule has 0 radical (unpaired) electrons. The maximum atomic E-state index is 10.7. The van der Waals surface area contributed by atoms with Gasteiger partial charge in [0.05, 0.1) is 17.1 Å². The number of benzene rings is 1. The summed E-state index contributed by atoms with van der Waals surface area (Å²) in [6, 6.07) is 9.97. The number of nitrogen functional groups attached to an aromatic ring is 1. The fourth-order valence-corrected chi connectivity index (χ4v) is 1.80. The first-order valence-electron chi connectivity index (χ1n) is 6.27. The van der Waals surface area contributed by atoms with Gasteiger partial charge < -0.3 is 10.5 Å². The van der Waals surface area contributed by atoms with E-state index in [2.05, 4.69) is 11.9 Å². The Morgan fingerprint density at radius 3 is 2.60 bits per heavy atom. The van der Waals surface area contributed by atoms with Crippen LogP contribution in [0.25, 0.3) is 0 Å². The highest BCUT2D eigenvalue weighted by Gasteiger charge is 2.11. The Balaban J connectivity index is 2.19. The predicted octanol–water partition coefficient (Wildman–Crippen LogP) is 3.32. The molecule has 1 aromatic carbocycles. The van der Waals surface area contributed by atoms with Gasteiger partial charge in [0.25, 0.3) is 5.69 Å². The molecule has 20 heavy (non-hydrogen) atoms. The van der Waals surface area contributed by atoms with Crippen molar-refractivity contribution in [2.75, 3.05) is 5.73 Å². The van der Waals surface area contributed by atoms with Gasteiger partial charge >= 0.3 is 0 Å². The molecule has 2 rings (SSSR count). The number of aryl methyl sites for hydroxylation is 1. The van der Waals surface area contributed by atoms with E-state index in [-0.39, 0.29) is 17.4 Å². The zero-order valence-electron chi connectivity index (χ0n) is 11.1. The van der Waals surface area contributed by atoms with Gasteiger partial charge in [0.15, 0.2) is 0 Å². The van der Waals surface area contributed by atoms with E-state index in [0.717, 1.165) is 12.8 Å². The smallest absolute Gasteiger partial charge is 0.278 e. The van der Waals surface area contributed by atoms with Crippen molar-refractivity contribution in [2.45, 2.75) is 19.8 Å². The summed E-state index contributed by atoms with van der Waals surface area (Å²) in [7, 11) is 0. The Kier molecular flexibility index (Phi) is 4.14. The number of ether oxygens (including phenoxy) is 1. The van der Waals surface area contributed by atoms with Gasteiger partial charge in [0, 0.05) is 0 Å². The molecular formula is C14H15N3O3. The fourth-order valence-electron chi connectivity index (χ4n) is 1.80. The molecular weight excluding hydrogens is 258 g/mol. The number of nitrogens with zero attached hydrogens (tertiary/aromatic N) is 2. The van der Waals surface area contributed by atoms with Crippen LogP contribution in [0.5, 0.6) is 11.6 Å². The SMILES string of the molecule is CCCc1ccc(Oc2cc([N+](=O)[O-])cc(N)n2)cc1. The van der Waals surface area contributed by atoms with Crippen LogP contribution in [0.2, 0.25) is 0 Å². The zero-order valence-corrected chi connectivity index (χ0v) is 11.1. The first kappa shape index (κ1) is 13.8. The molecule has 2 N–H and O–H groups in total.